The second kappa shape index (κ2) is 12.5. The molecular formula is C34H31ClF2N6O5. The van der Waals surface area contributed by atoms with Crippen molar-refractivity contribution in [2.45, 2.75) is 36.8 Å². The number of halogens is 3. The monoisotopic (exact) mass is 676 g/mol. The first-order chi connectivity index (χ1) is 22.9. The number of aromatic nitrogens is 2. The normalized spacial score (nSPS) is 18.2. The summed E-state index contributed by atoms with van der Waals surface area (Å²) in [5.74, 6) is -3.09. The highest BCUT2D eigenvalue weighted by Gasteiger charge is 2.46. The first-order valence-corrected chi connectivity index (χ1v) is 15.3. The van der Waals surface area contributed by atoms with Gasteiger partial charge in [-0.05, 0) is 50.1 Å². The number of anilines is 1. The molecule has 0 spiro atoms. The number of benzene rings is 2. The van der Waals surface area contributed by atoms with Gasteiger partial charge in [0, 0.05) is 52.5 Å². The van der Waals surface area contributed by atoms with Crippen molar-refractivity contribution in [2.75, 3.05) is 26.0 Å². The average molecular weight is 677 g/mol. The number of nitrogens with one attached hydrogen (secondary N) is 1. The molecule has 0 unspecified atom stereocenters. The predicted molar refractivity (Wildman–Crippen MR) is 174 cm³/mol. The molecule has 48 heavy (non-hydrogen) atoms. The number of fused-ring (bicyclic) bond motifs is 1. The molecule has 2 aromatic heterocycles. The van der Waals surface area contributed by atoms with Crippen LogP contribution in [0, 0.1) is 11.6 Å². The minimum atomic E-state index is -2.12. The van der Waals surface area contributed by atoms with Gasteiger partial charge in [-0.2, -0.15) is 0 Å². The number of methoxy groups -OCH3 is 1. The van der Waals surface area contributed by atoms with Gasteiger partial charge < -0.3 is 31.4 Å². The van der Waals surface area contributed by atoms with Crippen LogP contribution in [0.25, 0.3) is 11.3 Å². The van der Waals surface area contributed by atoms with E-state index in [0.29, 0.717) is 17.3 Å². The fourth-order valence-electron chi connectivity index (χ4n) is 5.41. The van der Waals surface area contributed by atoms with Gasteiger partial charge in [0.1, 0.15) is 40.8 Å². The third-order valence-electron chi connectivity index (χ3n) is 8.58. The standard InChI is InChI=1S/C34H31ClF2N6O5/c1-33(32(39)45)16-48-30-22(33)11-27(43-29(30)21-10-23(35)25(37)12-24(21)36)34(46,19-4-3-7-40-14-19)15-42-31(44)17-8-18(13-41-20-5-6-20)28(38)26(9-17)47-2/h3-4,7-14,20,46H,5-6,15-16,38H2,1-2H3,(H2,39,45)(H,42,44)/t33-,34+/m0/s1. The number of hydrogen-bond acceptors (Lipinski definition) is 9. The fraction of sp³-hybridized carbons (Fsp3) is 0.265. The van der Waals surface area contributed by atoms with E-state index >= 15 is 4.39 Å². The number of ether oxygens (including phenoxy) is 2. The number of aliphatic imine (C=N–C) groups is 1. The molecule has 4 aromatic rings. The molecule has 3 heterocycles. The van der Waals surface area contributed by atoms with Crippen LogP contribution in [0.1, 0.15) is 52.5 Å². The van der Waals surface area contributed by atoms with E-state index in [4.69, 9.17) is 32.5 Å². The van der Waals surface area contributed by atoms with E-state index < -0.39 is 46.0 Å². The van der Waals surface area contributed by atoms with Crippen LogP contribution < -0.4 is 26.3 Å². The highest BCUT2D eigenvalue weighted by Crippen LogP contribution is 2.47. The number of amides is 2. The molecule has 1 aliphatic heterocycles. The van der Waals surface area contributed by atoms with Crippen LogP contribution >= 0.6 is 11.6 Å². The highest BCUT2D eigenvalue weighted by molar-refractivity contribution is 6.31. The Labute approximate surface area is 279 Å². The Bertz CT molecular complexity index is 1980. The summed E-state index contributed by atoms with van der Waals surface area (Å²) in [5.41, 5.74) is 9.34. The highest BCUT2D eigenvalue weighted by atomic mass is 35.5. The molecule has 2 aliphatic rings. The number of carbonyl (C=O) groups is 2. The average Bonchev–Trinajstić information content (AvgIpc) is 3.85. The van der Waals surface area contributed by atoms with Crippen molar-refractivity contribution in [3.63, 3.8) is 0 Å². The lowest BCUT2D eigenvalue weighted by Crippen LogP contribution is -2.43. The molecular weight excluding hydrogens is 646 g/mol. The van der Waals surface area contributed by atoms with E-state index in [0.717, 1.165) is 18.9 Å². The smallest absolute Gasteiger partial charge is 0.251 e. The van der Waals surface area contributed by atoms with Gasteiger partial charge in [-0.25, -0.2) is 13.8 Å². The summed E-state index contributed by atoms with van der Waals surface area (Å²) in [7, 11) is 1.42. The molecule has 1 aliphatic carbocycles. The zero-order chi connectivity index (χ0) is 34.4. The number of rotatable bonds is 10. The van der Waals surface area contributed by atoms with Crippen LogP contribution in [0.2, 0.25) is 5.02 Å². The zero-order valence-corrected chi connectivity index (χ0v) is 26.6. The number of nitrogens with zero attached hydrogens (tertiary/aromatic N) is 3. The molecule has 14 heteroatoms. The van der Waals surface area contributed by atoms with Gasteiger partial charge in [0.15, 0.2) is 5.60 Å². The number of primary amides is 1. The maximum Gasteiger partial charge on any atom is 0.251 e. The lowest BCUT2D eigenvalue weighted by molar-refractivity contribution is -0.123. The summed E-state index contributed by atoms with van der Waals surface area (Å²) in [6, 6.07) is 9.42. The first kappa shape index (κ1) is 32.8. The summed E-state index contributed by atoms with van der Waals surface area (Å²) >= 11 is 6.03. The molecule has 6 N–H and O–H groups in total. The van der Waals surface area contributed by atoms with Crippen LogP contribution in [0.15, 0.2) is 59.9 Å². The zero-order valence-electron chi connectivity index (χ0n) is 25.9. The van der Waals surface area contributed by atoms with Gasteiger partial charge in [0.05, 0.1) is 36.1 Å². The van der Waals surface area contributed by atoms with Gasteiger partial charge in [0.25, 0.3) is 5.91 Å². The van der Waals surface area contributed by atoms with Crippen molar-refractivity contribution in [3.8, 4) is 22.8 Å². The van der Waals surface area contributed by atoms with E-state index in [1.165, 1.54) is 38.6 Å². The second-order valence-corrected chi connectivity index (χ2v) is 12.3. The fourth-order valence-corrected chi connectivity index (χ4v) is 5.57. The Morgan fingerprint density at radius 3 is 2.69 bits per heavy atom. The minimum Gasteiger partial charge on any atom is -0.495 e. The predicted octanol–water partition coefficient (Wildman–Crippen LogP) is 4.05. The summed E-state index contributed by atoms with van der Waals surface area (Å²) in [6.45, 7) is 0.855. The van der Waals surface area contributed by atoms with Crippen LogP contribution in [0.4, 0.5) is 14.5 Å². The summed E-state index contributed by atoms with van der Waals surface area (Å²) < 4.78 is 40.7. The minimum absolute atomic E-state index is 0.00792. The van der Waals surface area contributed by atoms with E-state index in [1.54, 1.807) is 24.4 Å². The molecule has 248 valence electrons. The quantitative estimate of drug-likeness (QED) is 0.111. The van der Waals surface area contributed by atoms with Gasteiger partial charge >= 0.3 is 0 Å². The Balaban J connectivity index is 1.46. The van der Waals surface area contributed by atoms with Gasteiger partial charge in [0.2, 0.25) is 5.91 Å². The second-order valence-electron chi connectivity index (χ2n) is 11.9. The van der Waals surface area contributed by atoms with Crippen LogP contribution in [0.3, 0.4) is 0 Å². The lowest BCUT2D eigenvalue weighted by Gasteiger charge is -2.30. The topological polar surface area (TPSA) is 175 Å². The van der Waals surface area contributed by atoms with Crippen molar-refractivity contribution in [3.05, 3.63) is 99.5 Å². The number of pyridine rings is 2. The van der Waals surface area contributed by atoms with Gasteiger partial charge in [-0.3, -0.25) is 19.6 Å². The maximum atomic E-state index is 15.3. The van der Waals surface area contributed by atoms with Gasteiger partial charge in [-0.1, -0.05) is 17.7 Å². The molecule has 0 bridgehead atoms. The van der Waals surface area contributed by atoms with Crippen molar-refractivity contribution in [1.29, 1.82) is 0 Å². The molecule has 0 saturated heterocycles. The summed E-state index contributed by atoms with van der Waals surface area (Å²) in [4.78, 5) is 39.5. The van der Waals surface area contributed by atoms with Crippen LogP contribution in [-0.4, -0.2) is 59.4 Å². The van der Waals surface area contributed by atoms with E-state index in [-0.39, 0.29) is 57.8 Å². The number of aliphatic hydroxyl groups is 1. The number of nitrogens with two attached hydrogens (primary N) is 2. The Hall–Kier alpha value is -5.14. The maximum absolute atomic E-state index is 15.3. The molecule has 0 radical (unpaired) electrons. The van der Waals surface area contributed by atoms with Crippen molar-refractivity contribution < 1.29 is 33.0 Å². The van der Waals surface area contributed by atoms with Crippen molar-refractivity contribution >= 4 is 35.3 Å². The first-order valence-electron chi connectivity index (χ1n) is 14.9. The molecule has 1 saturated carbocycles. The molecule has 1 fully saturated rings. The SMILES string of the molecule is COc1cc(C(=O)NC[C@@](O)(c2cccnc2)c2cc3c(c(-c4cc(Cl)c(F)cc4F)n2)OC[C@]3(C)C(N)=O)cc(C=NC2CC2)c1N. The molecule has 6 rings (SSSR count). The molecule has 2 amide bonds. The lowest BCUT2D eigenvalue weighted by atomic mass is 9.81. The van der Waals surface area contributed by atoms with Crippen LogP contribution in [-0.2, 0) is 15.8 Å². The van der Waals surface area contributed by atoms with E-state index in [9.17, 15) is 19.1 Å². The van der Waals surface area contributed by atoms with E-state index in [2.05, 4.69) is 20.3 Å². The Kier molecular flexibility index (Phi) is 8.52. The third kappa shape index (κ3) is 5.90. The number of carbonyl (C=O) groups excluding carboxylic acids is 2. The summed E-state index contributed by atoms with van der Waals surface area (Å²) in [5, 5.41) is 14.8. The van der Waals surface area contributed by atoms with Gasteiger partial charge in [-0.15, -0.1) is 0 Å². The third-order valence-corrected chi connectivity index (χ3v) is 8.87. The van der Waals surface area contributed by atoms with Crippen LogP contribution in [0.5, 0.6) is 11.5 Å². The molecule has 2 atom stereocenters. The molecule has 11 nitrogen and oxygen atoms in total. The van der Waals surface area contributed by atoms with Crippen molar-refractivity contribution in [2.24, 2.45) is 10.7 Å². The summed E-state index contributed by atoms with van der Waals surface area (Å²) in [6.07, 6.45) is 6.42. The molecule has 2 aromatic carbocycles. The number of nitrogen functional groups attached to an aromatic ring is 1. The van der Waals surface area contributed by atoms with Crippen molar-refractivity contribution in [1.82, 2.24) is 15.3 Å². The Morgan fingerprint density at radius 2 is 2.02 bits per heavy atom. The Morgan fingerprint density at radius 1 is 1.25 bits per heavy atom. The largest absolute Gasteiger partial charge is 0.495 e. The number of hydrogen-bond donors (Lipinski definition) is 4. The van der Waals surface area contributed by atoms with E-state index in [1.807, 2.05) is 0 Å².